The van der Waals surface area contributed by atoms with E-state index in [1.807, 2.05) is 11.8 Å². The highest BCUT2D eigenvalue weighted by molar-refractivity contribution is 5.79. The summed E-state index contributed by atoms with van der Waals surface area (Å²) in [6.07, 6.45) is 3.18. The fraction of sp³-hybridized carbons (Fsp3) is 0.750. The van der Waals surface area contributed by atoms with E-state index in [2.05, 4.69) is 25.2 Å². The van der Waals surface area contributed by atoms with E-state index in [1.54, 1.807) is 0 Å². The van der Waals surface area contributed by atoms with Gasteiger partial charge in [0.15, 0.2) is 0 Å². The largest absolute Gasteiger partial charge is 0.338 e. The molecule has 0 aromatic rings. The number of hydrogen-bond donors (Lipinski definition) is 1. The Labute approximate surface area is 92.5 Å². The molecule has 1 aliphatic rings. The van der Waals surface area contributed by atoms with Gasteiger partial charge < -0.3 is 10.2 Å². The first-order valence-electron chi connectivity index (χ1n) is 5.80. The van der Waals surface area contributed by atoms with Gasteiger partial charge in [0.2, 0.25) is 5.91 Å². The van der Waals surface area contributed by atoms with E-state index in [0.717, 1.165) is 32.6 Å². The van der Waals surface area contributed by atoms with Crippen molar-refractivity contribution in [3.05, 3.63) is 11.6 Å². The third-order valence-corrected chi connectivity index (χ3v) is 2.87. The van der Waals surface area contributed by atoms with Crippen molar-refractivity contribution >= 4 is 5.91 Å². The van der Waals surface area contributed by atoms with Gasteiger partial charge in [-0.3, -0.25) is 4.79 Å². The summed E-state index contributed by atoms with van der Waals surface area (Å²) in [6.45, 7) is 9.58. The normalized spacial score (nSPS) is 18.6. The first-order valence-corrected chi connectivity index (χ1v) is 5.80. The van der Waals surface area contributed by atoms with Crippen molar-refractivity contribution in [2.24, 2.45) is 5.92 Å². The summed E-state index contributed by atoms with van der Waals surface area (Å²) in [5, 5.41) is 3.21. The molecule has 1 N–H and O–H groups in total. The zero-order valence-electron chi connectivity index (χ0n) is 10.0. The topological polar surface area (TPSA) is 32.3 Å². The van der Waals surface area contributed by atoms with Gasteiger partial charge in [-0.25, -0.2) is 0 Å². The van der Waals surface area contributed by atoms with Crippen LogP contribution in [0.3, 0.4) is 0 Å². The Morgan fingerprint density at radius 2 is 2.40 bits per heavy atom. The average molecular weight is 210 g/mol. The molecule has 0 aliphatic carbocycles. The highest BCUT2D eigenvalue weighted by Crippen LogP contribution is 2.12. The van der Waals surface area contributed by atoms with Gasteiger partial charge in [0.05, 0.1) is 0 Å². The van der Waals surface area contributed by atoms with Crippen LogP contribution >= 0.6 is 0 Å². The lowest BCUT2D eigenvalue weighted by Crippen LogP contribution is -2.41. The van der Waals surface area contributed by atoms with E-state index < -0.39 is 0 Å². The molecule has 1 amide bonds. The number of hydrogen-bond acceptors (Lipinski definition) is 2. The molecule has 0 spiro atoms. The molecule has 0 saturated heterocycles. The number of nitrogens with zero attached hydrogens (tertiary/aromatic N) is 1. The third kappa shape index (κ3) is 3.67. The smallest absolute Gasteiger partial charge is 0.226 e. The van der Waals surface area contributed by atoms with Gasteiger partial charge in [-0.1, -0.05) is 25.5 Å². The number of rotatable bonds is 4. The SMILES string of the molecule is CCNCC(C)C(=O)N1CC=C(C)CC1. The van der Waals surface area contributed by atoms with Gasteiger partial charge in [-0.15, -0.1) is 0 Å². The minimum absolute atomic E-state index is 0.0942. The lowest BCUT2D eigenvalue weighted by Gasteiger charge is -2.28. The Kier molecular flexibility index (Phi) is 4.82. The maximum Gasteiger partial charge on any atom is 0.226 e. The Morgan fingerprint density at radius 3 is 2.93 bits per heavy atom. The molecule has 1 rings (SSSR count). The van der Waals surface area contributed by atoms with Crippen molar-refractivity contribution < 1.29 is 4.79 Å². The van der Waals surface area contributed by atoms with E-state index in [0.29, 0.717) is 0 Å². The van der Waals surface area contributed by atoms with Crippen LogP contribution in [0, 0.1) is 5.92 Å². The number of carbonyl (C=O) groups excluding carboxylic acids is 1. The predicted molar refractivity (Wildman–Crippen MR) is 62.7 cm³/mol. The van der Waals surface area contributed by atoms with Gasteiger partial charge in [0.25, 0.3) is 0 Å². The summed E-state index contributed by atoms with van der Waals surface area (Å²) >= 11 is 0. The second-order valence-corrected chi connectivity index (χ2v) is 4.29. The molecule has 3 heteroatoms. The molecular formula is C12H22N2O. The molecule has 1 unspecified atom stereocenters. The number of carbonyl (C=O) groups is 1. The quantitative estimate of drug-likeness (QED) is 0.712. The minimum Gasteiger partial charge on any atom is -0.338 e. The Bertz CT molecular complexity index is 248. The third-order valence-electron chi connectivity index (χ3n) is 2.87. The monoisotopic (exact) mass is 210 g/mol. The van der Waals surface area contributed by atoms with Crippen molar-refractivity contribution in [2.45, 2.75) is 27.2 Å². The van der Waals surface area contributed by atoms with Crippen molar-refractivity contribution in [1.29, 1.82) is 0 Å². The molecule has 0 aromatic carbocycles. The van der Waals surface area contributed by atoms with Gasteiger partial charge in [-0.05, 0) is 19.9 Å². The molecule has 0 fully saturated rings. The molecule has 0 saturated carbocycles. The van der Waals surface area contributed by atoms with Crippen LogP contribution in [-0.2, 0) is 4.79 Å². The summed E-state index contributed by atoms with van der Waals surface area (Å²) < 4.78 is 0. The van der Waals surface area contributed by atoms with E-state index in [9.17, 15) is 4.79 Å². The second-order valence-electron chi connectivity index (χ2n) is 4.29. The molecular weight excluding hydrogens is 188 g/mol. The fourth-order valence-electron chi connectivity index (χ4n) is 1.73. The standard InChI is InChI=1S/C12H22N2O/c1-4-13-9-11(3)12(15)14-7-5-10(2)6-8-14/h5,11,13H,4,6-9H2,1-3H3. The molecule has 1 atom stereocenters. The van der Waals surface area contributed by atoms with Crippen molar-refractivity contribution in [3.63, 3.8) is 0 Å². The molecule has 3 nitrogen and oxygen atoms in total. The van der Waals surface area contributed by atoms with Crippen molar-refractivity contribution in [2.75, 3.05) is 26.2 Å². The molecule has 1 heterocycles. The number of nitrogens with one attached hydrogen (secondary N) is 1. The Hall–Kier alpha value is -0.830. The second kappa shape index (κ2) is 5.91. The van der Waals surface area contributed by atoms with E-state index in [4.69, 9.17) is 0 Å². The van der Waals surface area contributed by atoms with E-state index in [1.165, 1.54) is 5.57 Å². The zero-order chi connectivity index (χ0) is 11.3. The van der Waals surface area contributed by atoms with Gasteiger partial charge in [0, 0.05) is 25.6 Å². The predicted octanol–water partition coefficient (Wildman–Crippen LogP) is 1.41. The minimum atomic E-state index is 0.0942. The van der Waals surface area contributed by atoms with Crippen LogP contribution in [0.1, 0.15) is 27.2 Å². The highest BCUT2D eigenvalue weighted by atomic mass is 16.2. The van der Waals surface area contributed by atoms with E-state index >= 15 is 0 Å². The average Bonchev–Trinajstić information content (AvgIpc) is 2.26. The molecule has 15 heavy (non-hydrogen) atoms. The van der Waals surface area contributed by atoms with Crippen LogP contribution in [-0.4, -0.2) is 37.0 Å². The summed E-state index contributed by atoms with van der Waals surface area (Å²) in [6, 6.07) is 0. The summed E-state index contributed by atoms with van der Waals surface area (Å²) in [7, 11) is 0. The van der Waals surface area contributed by atoms with Gasteiger partial charge >= 0.3 is 0 Å². The molecule has 0 aromatic heterocycles. The van der Waals surface area contributed by atoms with Crippen LogP contribution in [0.25, 0.3) is 0 Å². The Morgan fingerprint density at radius 1 is 1.67 bits per heavy atom. The summed E-state index contributed by atoms with van der Waals surface area (Å²) in [5.74, 6) is 0.372. The highest BCUT2D eigenvalue weighted by Gasteiger charge is 2.20. The van der Waals surface area contributed by atoms with Crippen molar-refractivity contribution in [1.82, 2.24) is 10.2 Å². The lowest BCUT2D eigenvalue weighted by molar-refractivity contribution is -0.134. The first-order chi connectivity index (χ1) is 7.15. The lowest BCUT2D eigenvalue weighted by atomic mass is 10.1. The fourth-order valence-corrected chi connectivity index (χ4v) is 1.73. The summed E-state index contributed by atoms with van der Waals surface area (Å²) in [5.41, 5.74) is 1.40. The number of amides is 1. The van der Waals surface area contributed by atoms with Crippen LogP contribution in [0.15, 0.2) is 11.6 Å². The summed E-state index contributed by atoms with van der Waals surface area (Å²) in [4.78, 5) is 13.9. The molecule has 1 aliphatic heterocycles. The van der Waals surface area contributed by atoms with Crippen LogP contribution in [0.2, 0.25) is 0 Å². The maximum atomic E-state index is 12.0. The molecule has 86 valence electrons. The molecule has 0 radical (unpaired) electrons. The molecule has 0 bridgehead atoms. The van der Waals surface area contributed by atoms with Crippen molar-refractivity contribution in [3.8, 4) is 0 Å². The first kappa shape index (κ1) is 12.2. The zero-order valence-corrected chi connectivity index (χ0v) is 10.0. The van der Waals surface area contributed by atoms with Gasteiger partial charge in [0.1, 0.15) is 0 Å². The van der Waals surface area contributed by atoms with Crippen LogP contribution in [0.4, 0.5) is 0 Å². The maximum absolute atomic E-state index is 12.0. The van der Waals surface area contributed by atoms with E-state index in [-0.39, 0.29) is 11.8 Å². The van der Waals surface area contributed by atoms with Crippen LogP contribution in [0.5, 0.6) is 0 Å². The van der Waals surface area contributed by atoms with Crippen LogP contribution < -0.4 is 5.32 Å². The van der Waals surface area contributed by atoms with Gasteiger partial charge in [-0.2, -0.15) is 0 Å². The Balaban J connectivity index is 2.40.